The molecule has 6 aromatic rings. The minimum Gasteiger partial charge on any atom is -0.744 e. The molecule has 0 heterocycles. The van der Waals surface area contributed by atoms with Gasteiger partial charge in [-0.25, -0.2) is 38.5 Å². The van der Waals surface area contributed by atoms with E-state index >= 15 is 0 Å². The van der Waals surface area contributed by atoms with Crippen LogP contribution in [0.1, 0.15) is 11.1 Å². The summed E-state index contributed by atoms with van der Waals surface area (Å²) in [5, 5.41) is 21.5. The molecule has 66 heavy (non-hydrogen) atoms. The molecule has 0 unspecified atom stereocenters. The maximum absolute atomic E-state index is 13.2. The Morgan fingerprint density at radius 3 is 1.14 bits per heavy atom. The molecule has 0 aliphatic rings. The zero-order valence-corrected chi connectivity index (χ0v) is 47.4. The number of methoxy groups -OCH3 is 2. The van der Waals surface area contributed by atoms with Gasteiger partial charge in [0.05, 0.1) is 67.9 Å². The first-order valence-electron chi connectivity index (χ1n) is 17.1. The molecule has 2 amide bonds. The summed E-state index contributed by atoms with van der Waals surface area (Å²) in [6.45, 7) is 3.29. The van der Waals surface area contributed by atoms with Crippen molar-refractivity contribution in [2.45, 2.75) is 33.4 Å². The van der Waals surface area contributed by atoms with Crippen molar-refractivity contribution in [1.29, 1.82) is 0 Å². The number of fused-ring (bicyclic) bond motifs is 2. The molecule has 0 bridgehead atoms. The minimum absolute atomic E-state index is 0. The quantitative estimate of drug-likeness (QED) is 0.0657. The average molecular weight is 1020 g/mol. The van der Waals surface area contributed by atoms with Gasteiger partial charge in [0.1, 0.15) is 52.0 Å². The average Bonchev–Trinajstić information content (AvgIpc) is 3.17. The summed E-state index contributed by atoms with van der Waals surface area (Å²) in [5.41, 5.74) is 2.02. The van der Waals surface area contributed by atoms with Crippen LogP contribution in [-0.4, -0.2) is 72.1 Å². The van der Waals surface area contributed by atoms with Crippen molar-refractivity contribution in [3.63, 3.8) is 0 Å². The Balaban J connectivity index is 0.00000374. The van der Waals surface area contributed by atoms with E-state index < -0.39 is 66.1 Å². The number of anilines is 2. The van der Waals surface area contributed by atoms with E-state index in [0.29, 0.717) is 23.3 Å². The maximum atomic E-state index is 13.2. The second-order valence-electron chi connectivity index (χ2n) is 13.1. The number of hydrogen-bond donors (Lipinski definition) is 2. The van der Waals surface area contributed by atoms with Crippen LogP contribution < -0.4 is 138 Å². The van der Waals surface area contributed by atoms with Gasteiger partial charge in [-0.2, -0.15) is 20.5 Å². The zero-order chi connectivity index (χ0) is 45.5. The van der Waals surface area contributed by atoms with Gasteiger partial charge in [0.15, 0.2) is 0 Å². The number of hydrogen-bond acceptors (Lipinski definition) is 19. The van der Waals surface area contributed by atoms with Crippen molar-refractivity contribution >= 4 is 102 Å². The number of carbonyl (C=O) groups excluding carboxylic acids is 1. The van der Waals surface area contributed by atoms with Crippen LogP contribution in [0.4, 0.5) is 38.9 Å². The number of ether oxygens (including phenoxy) is 2. The van der Waals surface area contributed by atoms with Gasteiger partial charge < -0.3 is 38.3 Å². The normalized spacial score (nSPS) is 11.9. The molecule has 0 aliphatic heterocycles. The van der Waals surface area contributed by atoms with Crippen LogP contribution in [0, 0.1) is 13.8 Å². The van der Waals surface area contributed by atoms with Gasteiger partial charge >= 0.3 is 124 Å². The second-order valence-corrected chi connectivity index (χ2v) is 18.6. The first-order valence-corrected chi connectivity index (χ1v) is 22.8. The molecule has 6 rings (SSSR count). The number of carbonyl (C=O) groups is 1. The van der Waals surface area contributed by atoms with Crippen LogP contribution in [0.5, 0.6) is 11.5 Å². The molecule has 0 aliphatic carbocycles. The summed E-state index contributed by atoms with van der Waals surface area (Å²) in [4.78, 5) is 9.60. The van der Waals surface area contributed by atoms with E-state index in [1.54, 1.807) is 13.8 Å². The molecule has 6 aromatic carbocycles. The van der Waals surface area contributed by atoms with E-state index in [9.17, 15) is 56.7 Å². The van der Waals surface area contributed by atoms with E-state index in [1.165, 1.54) is 74.9 Å². The summed E-state index contributed by atoms with van der Waals surface area (Å²) >= 11 is 0. The number of amides is 2. The van der Waals surface area contributed by atoms with Crippen LogP contribution >= 0.6 is 0 Å². The third-order valence-corrected chi connectivity index (χ3v) is 12.3. The van der Waals surface area contributed by atoms with Crippen LogP contribution in [0.15, 0.2) is 125 Å². The van der Waals surface area contributed by atoms with Crippen molar-refractivity contribution < 1.29 is 184 Å². The number of nitrogens with one attached hydrogen (secondary N) is 2. The summed E-state index contributed by atoms with van der Waals surface area (Å²) in [6, 6.07) is 15.7. The molecule has 0 fully saturated rings. The molecule has 0 saturated heterocycles. The fourth-order valence-corrected chi connectivity index (χ4v) is 8.65. The predicted octanol–water partition coefficient (Wildman–Crippen LogP) is -5.27. The van der Waals surface area contributed by atoms with Crippen LogP contribution in [0.2, 0.25) is 0 Å². The Kier molecular flexibility index (Phi) is 21.2. The van der Waals surface area contributed by atoms with Gasteiger partial charge in [-0.05, 0) is 96.4 Å². The number of nitrogens with zero attached hydrogens (tertiary/aromatic N) is 4. The largest absolute Gasteiger partial charge is 1.00 e. The maximum Gasteiger partial charge on any atom is 1.00 e. The first-order chi connectivity index (χ1) is 28.8. The number of benzene rings is 6. The summed E-state index contributed by atoms with van der Waals surface area (Å²) in [6.07, 6.45) is 0. The molecular weight excluding hydrogens is 989 g/mol. The fraction of sp³-hybridized carbons (Fsp3) is 0.108. The van der Waals surface area contributed by atoms with Gasteiger partial charge in [0.25, 0.3) is 0 Å². The molecule has 0 spiro atoms. The van der Waals surface area contributed by atoms with Crippen LogP contribution in [-0.2, 0) is 40.5 Å². The van der Waals surface area contributed by atoms with Gasteiger partial charge in [0, 0.05) is 22.9 Å². The van der Waals surface area contributed by atoms with Crippen molar-refractivity contribution in [2.24, 2.45) is 20.5 Å². The Bertz CT molecular complexity index is 3180. The van der Waals surface area contributed by atoms with Gasteiger partial charge in [-0.15, -0.1) is 0 Å². The fourth-order valence-electron chi connectivity index (χ4n) is 6.00. The summed E-state index contributed by atoms with van der Waals surface area (Å²) in [7, 11) is -17.9. The predicted molar refractivity (Wildman–Crippen MR) is 216 cm³/mol. The topological polar surface area (TPSA) is 338 Å². The number of urea groups is 1. The SMILES string of the molecule is COc1cc(N=Nc2ccc3cc(S(=O)(=O)[O-])cc(S(=O)(=O)[O-])c3c2)c(C)cc1NC(=O)Nc1cc(C)c(N=Nc2ccc3cc(S(=O)(=O)[O-])cc(S(=O)(=O)[O-])c3c2)cc1OC.[Na+].[Na+].[Na+].[Na+]. The van der Waals surface area contributed by atoms with Crippen molar-refractivity contribution in [1.82, 2.24) is 0 Å². The molecule has 29 heteroatoms. The minimum atomic E-state index is -5.22. The third kappa shape index (κ3) is 14.3. The number of azo groups is 2. The molecule has 0 saturated carbocycles. The second kappa shape index (κ2) is 23.4. The molecule has 0 aromatic heterocycles. The van der Waals surface area contributed by atoms with Crippen LogP contribution in [0.25, 0.3) is 21.5 Å². The standard InChI is InChI=1S/C37H32N6O15S4.4Na/c1-19-9-31(33(57-3)17-29(19)42-40-23-7-5-21-11-25(59(45,46)47)15-35(27(21)13-23)61(51,52)53)38-37(44)39-32-10-20(2)30(18-34(32)58-4)43-41-24-8-6-22-12-26(60(48,49)50)16-36(28(22)14-24)62(54,55)56;;;;/h5-18H,1-4H3,(H2,38,39,44)(H,45,46,47)(H,48,49,50)(H,51,52,53)(H,54,55,56);;;;/q;4*+1/p-4. The van der Waals surface area contributed by atoms with Gasteiger partial charge in [-0.3, -0.25) is 0 Å². The Morgan fingerprint density at radius 1 is 0.485 bits per heavy atom. The van der Waals surface area contributed by atoms with E-state index in [1.807, 2.05) is 0 Å². The molecule has 21 nitrogen and oxygen atoms in total. The molecule has 0 atom stereocenters. The van der Waals surface area contributed by atoms with Crippen molar-refractivity contribution in [3.8, 4) is 11.5 Å². The number of aryl methyl sites for hydroxylation is 2. The molecular formula is C37H28N6Na4O15S4. The molecule has 2 N–H and O–H groups in total. The van der Waals surface area contributed by atoms with E-state index in [4.69, 9.17) is 9.47 Å². The van der Waals surface area contributed by atoms with Gasteiger partial charge in [0.2, 0.25) is 0 Å². The van der Waals surface area contributed by atoms with Gasteiger partial charge in [-0.1, -0.05) is 12.1 Å². The van der Waals surface area contributed by atoms with E-state index in [-0.39, 0.29) is 185 Å². The van der Waals surface area contributed by atoms with Crippen molar-refractivity contribution in [2.75, 3.05) is 24.9 Å². The molecule has 324 valence electrons. The zero-order valence-electron chi connectivity index (χ0n) is 36.1. The monoisotopic (exact) mass is 1020 g/mol. The van der Waals surface area contributed by atoms with Crippen LogP contribution in [0.3, 0.4) is 0 Å². The summed E-state index contributed by atoms with van der Waals surface area (Å²) < 4.78 is 152. The third-order valence-electron chi connectivity index (χ3n) is 8.94. The smallest absolute Gasteiger partial charge is 0.744 e. The number of rotatable bonds is 12. The Morgan fingerprint density at radius 2 is 0.833 bits per heavy atom. The summed E-state index contributed by atoms with van der Waals surface area (Å²) in [5.74, 6) is 0.292. The first kappa shape index (κ1) is 59.7. The Labute approximate surface area is 466 Å². The Hall–Kier alpha value is -2.45. The van der Waals surface area contributed by atoms with E-state index in [0.717, 1.165) is 12.1 Å². The van der Waals surface area contributed by atoms with Crippen molar-refractivity contribution in [3.05, 3.63) is 96.1 Å². The van der Waals surface area contributed by atoms with E-state index in [2.05, 4.69) is 31.1 Å². The molecule has 0 radical (unpaired) electrons.